The summed E-state index contributed by atoms with van der Waals surface area (Å²) in [4.78, 5) is 0. The summed E-state index contributed by atoms with van der Waals surface area (Å²) in [6.45, 7) is 5.76. The number of aliphatic hydroxyl groups is 1. The first kappa shape index (κ1) is 15.6. The predicted molar refractivity (Wildman–Crippen MR) is 80.1 cm³/mol. The lowest BCUT2D eigenvalue weighted by molar-refractivity contribution is 0.208. The number of aliphatic hydroxyl groups excluding tert-OH is 1. The summed E-state index contributed by atoms with van der Waals surface area (Å²) in [5.74, 6) is -0.929. The van der Waals surface area contributed by atoms with Gasteiger partial charge < -0.3 is 5.11 Å². The SMILES string of the molecule is Cc1ccc(F)c(C(O)c2cccc(CC(C)C)c2)c1F. The Morgan fingerprint density at radius 2 is 1.81 bits per heavy atom. The van der Waals surface area contributed by atoms with Crippen molar-refractivity contribution >= 4 is 0 Å². The van der Waals surface area contributed by atoms with Crippen LogP contribution in [0.5, 0.6) is 0 Å². The molecule has 1 nitrogen and oxygen atoms in total. The Balaban J connectivity index is 2.41. The monoisotopic (exact) mass is 290 g/mol. The minimum Gasteiger partial charge on any atom is -0.383 e. The van der Waals surface area contributed by atoms with Gasteiger partial charge in [-0.05, 0) is 42.0 Å². The van der Waals surface area contributed by atoms with Crippen LogP contribution in [0.4, 0.5) is 8.78 Å². The average Bonchev–Trinajstić information content (AvgIpc) is 2.43. The predicted octanol–water partition coefficient (Wildman–Crippen LogP) is 4.55. The Labute approximate surface area is 124 Å². The third kappa shape index (κ3) is 3.48. The summed E-state index contributed by atoms with van der Waals surface area (Å²) in [7, 11) is 0. The van der Waals surface area contributed by atoms with Gasteiger partial charge >= 0.3 is 0 Å². The molecule has 2 rings (SSSR count). The molecule has 0 aliphatic rings. The summed E-state index contributed by atoms with van der Waals surface area (Å²) in [6, 6.07) is 9.83. The number of hydrogen-bond acceptors (Lipinski definition) is 1. The maximum Gasteiger partial charge on any atom is 0.135 e. The number of hydrogen-bond donors (Lipinski definition) is 1. The number of halogens is 2. The lowest BCUT2D eigenvalue weighted by Crippen LogP contribution is -2.08. The molecule has 112 valence electrons. The van der Waals surface area contributed by atoms with Crippen LogP contribution < -0.4 is 0 Å². The second kappa shape index (κ2) is 6.35. The molecule has 1 N–H and O–H groups in total. The smallest absolute Gasteiger partial charge is 0.135 e. The molecule has 2 aromatic carbocycles. The van der Waals surface area contributed by atoms with Gasteiger partial charge in [-0.1, -0.05) is 44.2 Å². The summed E-state index contributed by atoms with van der Waals surface area (Å²) in [5, 5.41) is 10.4. The van der Waals surface area contributed by atoms with Crippen molar-refractivity contribution in [2.24, 2.45) is 5.92 Å². The maximum absolute atomic E-state index is 14.1. The molecular weight excluding hydrogens is 270 g/mol. The fourth-order valence-electron chi connectivity index (χ4n) is 2.46. The highest BCUT2D eigenvalue weighted by atomic mass is 19.1. The van der Waals surface area contributed by atoms with Crippen molar-refractivity contribution < 1.29 is 13.9 Å². The minimum atomic E-state index is -1.29. The Kier molecular flexibility index (Phi) is 4.73. The van der Waals surface area contributed by atoms with Crippen LogP contribution in [0.2, 0.25) is 0 Å². The van der Waals surface area contributed by atoms with E-state index in [4.69, 9.17) is 0 Å². The van der Waals surface area contributed by atoms with Gasteiger partial charge in [0.25, 0.3) is 0 Å². The van der Waals surface area contributed by atoms with Gasteiger partial charge in [-0.3, -0.25) is 0 Å². The molecule has 0 aliphatic carbocycles. The lowest BCUT2D eigenvalue weighted by atomic mass is 9.95. The Bertz CT molecular complexity index is 635. The van der Waals surface area contributed by atoms with E-state index in [2.05, 4.69) is 13.8 Å². The Morgan fingerprint density at radius 1 is 1.10 bits per heavy atom. The Morgan fingerprint density at radius 3 is 2.48 bits per heavy atom. The van der Waals surface area contributed by atoms with E-state index in [1.807, 2.05) is 18.2 Å². The fraction of sp³-hybridized carbons (Fsp3) is 0.333. The van der Waals surface area contributed by atoms with E-state index in [-0.39, 0.29) is 5.56 Å². The van der Waals surface area contributed by atoms with E-state index in [1.165, 1.54) is 12.1 Å². The van der Waals surface area contributed by atoms with Gasteiger partial charge in [-0.15, -0.1) is 0 Å². The summed E-state index contributed by atoms with van der Waals surface area (Å²) in [5.41, 5.74) is 1.60. The standard InChI is InChI=1S/C18H20F2O/c1-11(2)9-13-5-4-6-14(10-13)18(21)16-15(19)8-7-12(3)17(16)20/h4-8,10-11,18,21H,9H2,1-3H3. The molecule has 0 saturated carbocycles. The summed E-state index contributed by atoms with van der Waals surface area (Å²) < 4.78 is 28.0. The molecule has 1 unspecified atom stereocenters. The van der Waals surface area contributed by atoms with Crippen LogP contribution in [-0.2, 0) is 6.42 Å². The molecule has 3 heteroatoms. The van der Waals surface area contributed by atoms with Gasteiger partial charge in [-0.2, -0.15) is 0 Å². The molecule has 2 aromatic rings. The molecule has 0 spiro atoms. The van der Waals surface area contributed by atoms with Crippen LogP contribution in [-0.4, -0.2) is 5.11 Å². The highest BCUT2D eigenvalue weighted by Crippen LogP contribution is 2.29. The van der Waals surface area contributed by atoms with Crippen molar-refractivity contribution in [3.05, 3.63) is 70.3 Å². The molecule has 1 atom stereocenters. The zero-order valence-electron chi connectivity index (χ0n) is 12.5. The van der Waals surface area contributed by atoms with Crippen molar-refractivity contribution in [2.45, 2.75) is 33.3 Å². The van der Waals surface area contributed by atoms with E-state index >= 15 is 0 Å². The number of rotatable bonds is 4. The minimum absolute atomic E-state index is 0.281. The second-order valence-electron chi connectivity index (χ2n) is 5.84. The molecule has 0 bridgehead atoms. The Hall–Kier alpha value is -1.74. The van der Waals surface area contributed by atoms with Crippen LogP contribution in [0, 0.1) is 24.5 Å². The van der Waals surface area contributed by atoms with Crippen LogP contribution >= 0.6 is 0 Å². The lowest BCUT2D eigenvalue weighted by Gasteiger charge is -2.16. The molecular formula is C18H20F2O. The average molecular weight is 290 g/mol. The first-order valence-electron chi connectivity index (χ1n) is 7.11. The number of aryl methyl sites for hydroxylation is 1. The molecule has 0 amide bonds. The molecule has 0 aliphatic heterocycles. The van der Waals surface area contributed by atoms with E-state index in [0.717, 1.165) is 12.0 Å². The zero-order chi connectivity index (χ0) is 15.6. The van der Waals surface area contributed by atoms with Gasteiger partial charge in [0.2, 0.25) is 0 Å². The third-order valence-electron chi connectivity index (χ3n) is 3.50. The third-order valence-corrected chi connectivity index (χ3v) is 3.50. The highest BCUT2D eigenvalue weighted by molar-refractivity contribution is 5.36. The fourth-order valence-corrected chi connectivity index (χ4v) is 2.46. The van der Waals surface area contributed by atoms with Crippen molar-refractivity contribution in [3.63, 3.8) is 0 Å². The topological polar surface area (TPSA) is 20.2 Å². The molecule has 0 fully saturated rings. The van der Waals surface area contributed by atoms with Gasteiger partial charge in [0.1, 0.15) is 17.7 Å². The van der Waals surface area contributed by atoms with Crippen molar-refractivity contribution in [2.75, 3.05) is 0 Å². The van der Waals surface area contributed by atoms with Crippen LogP contribution in [0.3, 0.4) is 0 Å². The van der Waals surface area contributed by atoms with Crippen molar-refractivity contribution in [1.29, 1.82) is 0 Å². The van der Waals surface area contributed by atoms with Gasteiger partial charge in [0.15, 0.2) is 0 Å². The number of benzene rings is 2. The molecule has 0 radical (unpaired) electrons. The molecule has 0 heterocycles. The van der Waals surface area contributed by atoms with Gasteiger partial charge in [-0.25, -0.2) is 8.78 Å². The van der Waals surface area contributed by atoms with E-state index in [1.54, 1.807) is 13.0 Å². The van der Waals surface area contributed by atoms with Crippen molar-refractivity contribution in [1.82, 2.24) is 0 Å². The first-order chi connectivity index (χ1) is 9.90. The van der Waals surface area contributed by atoms with Crippen LogP contribution in [0.15, 0.2) is 36.4 Å². The van der Waals surface area contributed by atoms with Gasteiger partial charge in [0, 0.05) is 0 Å². The zero-order valence-corrected chi connectivity index (χ0v) is 12.5. The summed E-state index contributed by atoms with van der Waals surface area (Å²) >= 11 is 0. The summed E-state index contributed by atoms with van der Waals surface area (Å²) in [6.07, 6.45) is -0.434. The quantitative estimate of drug-likeness (QED) is 0.875. The van der Waals surface area contributed by atoms with Crippen molar-refractivity contribution in [3.8, 4) is 0 Å². The van der Waals surface area contributed by atoms with Gasteiger partial charge in [0.05, 0.1) is 5.56 Å². The normalized spacial score (nSPS) is 12.7. The highest BCUT2D eigenvalue weighted by Gasteiger charge is 2.21. The first-order valence-corrected chi connectivity index (χ1v) is 7.11. The maximum atomic E-state index is 14.1. The molecule has 21 heavy (non-hydrogen) atoms. The van der Waals surface area contributed by atoms with Crippen LogP contribution in [0.25, 0.3) is 0 Å². The second-order valence-corrected chi connectivity index (χ2v) is 5.84. The van der Waals surface area contributed by atoms with E-state index < -0.39 is 17.7 Å². The van der Waals surface area contributed by atoms with E-state index in [0.29, 0.717) is 17.0 Å². The van der Waals surface area contributed by atoms with E-state index in [9.17, 15) is 13.9 Å². The van der Waals surface area contributed by atoms with Crippen LogP contribution in [0.1, 0.15) is 42.2 Å². The molecule has 0 aromatic heterocycles. The largest absolute Gasteiger partial charge is 0.383 e. The molecule has 0 saturated heterocycles.